The highest BCUT2D eigenvalue weighted by Crippen LogP contribution is 2.18. The van der Waals surface area contributed by atoms with Crippen LogP contribution in [-0.4, -0.2) is 46.3 Å². The van der Waals surface area contributed by atoms with Crippen molar-refractivity contribution in [2.75, 3.05) is 0 Å². The van der Waals surface area contributed by atoms with Crippen LogP contribution in [0, 0.1) is 0 Å². The highest BCUT2D eigenvalue weighted by atomic mass is 19.1. The van der Waals surface area contributed by atoms with Crippen LogP contribution in [0.25, 0.3) is 0 Å². The van der Waals surface area contributed by atoms with Crippen molar-refractivity contribution in [3.8, 4) is 0 Å². The van der Waals surface area contributed by atoms with E-state index in [0.717, 1.165) is 0 Å². The predicted octanol–water partition coefficient (Wildman–Crippen LogP) is -2.92. The van der Waals surface area contributed by atoms with Gasteiger partial charge in [0.1, 0.15) is 12.2 Å². The molecule has 5 atom stereocenters. The van der Waals surface area contributed by atoms with Gasteiger partial charge in [-0.2, -0.15) is 0 Å². The first-order valence-electron chi connectivity index (χ1n) is 3.03. The second kappa shape index (κ2) is 3.00. The van der Waals surface area contributed by atoms with Gasteiger partial charge in [0.2, 0.25) is 6.36 Å². The van der Waals surface area contributed by atoms with Gasteiger partial charge in [-0.1, -0.05) is 0 Å². The summed E-state index contributed by atoms with van der Waals surface area (Å²) in [6, 6.07) is 0. The molecule has 6 heteroatoms. The molecular weight excluding hydrogens is 159 g/mol. The fraction of sp³-hybridized carbons (Fsp3) is 1.00. The van der Waals surface area contributed by atoms with E-state index in [9.17, 15) is 9.50 Å². The Kier molecular flexibility index (Phi) is 2.40. The topological polar surface area (TPSA) is 93.0 Å². The van der Waals surface area contributed by atoms with Crippen molar-refractivity contribution in [2.45, 2.75) is 31.0 Å². The summed E-state index contributed by atoms with van der Waals surface area (Å²) in [5, 5.41) is 36.6. The Morgan fingerprint density at radius 2 is 1.64 bits per heavy atom. The van der Waals surface area contributed by atoms with E-state index in [4.69, 9.17) is 15.3 Å². The van der Waals surface area contributed by atoms with E-state index in [1.54, 1.807) is 0 Å². The van der Waals surface area contributed by atoms with Gasteiger partial charge in [-0.3, -0.25) is 0 Å². The summed E-state index contributed by atoms with van der Waals surface area (Å²) in [6.45, 7) is 0. The molecule has 1 fully saturated rings. The second-order valence-electron chi connectivity index (χ2n) is 2.33. The molecule has 0 bridgehead atoms. The largest absolute Gasteiger partial charge is 0.829 e. The molecule has 0 aliphatic carbocycles. The Bertz CT molecular complexity index is 129. The molecule has 0 aromatic rings. The minimum Gasteiger partial charge on any atom is -0.829 e. The van der Waals surface area contributed by atoms with Gasteiger partial charge in [0.05, 0.1) is 6.10 Å². The Morgan fingerprint density at radius 1 is 1.09 bits per heavy atom. The van der Waals surface area contributed by atoms with Crippen LogP contribution in [-0.2, 0) is 4.74 Å². The lowest BCUT2D eigenvalue weighted by molar-refractivity contribution is -0.538. The third kappa shape index (κ3) is 1.49. The van der Waals surface area contributed by atoms with Crippen LogP contribution in [0.4, 0.5) is 4.39 Å². The SMILES string of the molecule is [O-][C@@H]1O[C@H](F)[C@@H](O)[C@H](O)[C@H]1O. The first kappa shape index (κ1) is 8.82. The van der Waals surface area contributed by atoms with Crippen molar-refractivity contribution in [3.05, 3.63) is 0 Å². The van der Waals surface area contributed by atoms with Crippen LogP contribution in [0.2, 0.25) is 0 Å². The lowest BCUT2D eigenvalue weighted by Gasteiger charge is -2.40. The minimum atomic E-state index is -2.23. The smallest absolute Gasteiger partial charge is 0.226 e. The van der Waals surface area contributed by atoms with E-state index in [1.807, 2.05) is 0 Å². The summed E-state index contributed by atoms with van der Waals surface area (Å²) in [6.07, 6.45) is -9.67. The standard InChI is InChI=1S/C5H8FO5/c6-4-2(8)1(7)3(9)5(10)11-4/h1-5,7-9H/q-1/t1-,2-,3+,4-,5+/m0/s1. The maximum atomic E-state index is 12.3. The third-order valence-electron chi connectivity index (χ3n) is 1.51. The molecule has 0 aromatic carbocycles. The molecule has 1 rings (SSSR count). The first-order chi connectivity index (χ1) is 5.04. The quantitative estimate of drug-likeness (QED) is 0.359. The molecular formula is C5H8FO5-. The maximum Gasteiger partial charge on any atom is 0.226 e. The molecule has 0 aromatic heterocycles. The summed E-state index contributed by atoms with van der Waals surface area (Å²) in [4.78, 5) is 0. The fourth-order valence-corrected chi connectivity index (χ4v) is 0.807. The molecule has 66 valence electrons. The molecule has 5 nitrogen and oxygen atoms in total. The van der Waals surface area contributed by atoms with Crippen molar-refractivity contribution in [3.63, 3.8) is 0 Å². The number of ether oxygens (including phenoxy) is 1. The molecule has 0 saturated carbocycles. The van der Waals surface area contributed by atoms with Gasteiger partial charge in [0.25, 0.3) is 0 Å². The van der Waals surface area contributed by atoms with Crippen LogP contribution in [0.1, 0.15) is 0 Å². The molecule has 0 spiro atoms. The molecule has 1 aliphatic rings. The monoisotopic (exact) mass is 167 g/mol. The Balaban J connectivity index is 2.63. The average Bonchev–Trinajstić information content (AvgIpc) is 1.97. The molecule has 1 aliphatic heterocycles. The summed E-state index contributed by atoms with van der Waals surface area (Å²) in [5.41, 5.74) is 0. The second-order valence-corrected chi connectivity index (χ2v) is 2.33. The van der Waals surface area contributed by atoms with Crippen LogP contribution >= 0.6 is 0 Å². The maximum absolute atomic E-state index is 12.3. The van der Waals surface area contributed by atoms with E-state index in [-0.39, 0.29) is 0 Å². The van der Waals surface area contributed by atoms with Crippen LogP contribution in [0.3, 0.4) is 0 Å². The normalized spacial score (nSPS) is 52.6. The number of rotatable bonds is 0. The van der Waals surface area contributed by atoms with Crippen molar-refractivity contribution in [1.82, 2.24) is 0 Å². The zero-order valence-corrected chi connectivity index (χ0v) is 5.42. The molecule has 1 saturated heterocycles. The highest BCUT2D eigenvalue weighted by molar-refractivity contribution is 4.83. The summed E-state index contributed by atoms with van der Waals surface area (Å²) >= 11 is 0. The van der Waals surface area contributed by atoms with Gasteiger partial charge < -0.3 is 25.2 Å². The lowest BCUT2D eigenvalue weighted by atomic mass is 10.1. The summed E-state index contributed by atoms with van der Waals surface area (Å²) in [7, 11) is 0. The lowest BCUT2D eigenvalue weighted by Crippen LogP contribution is -2.60. The molecule has 0 amide bonds. The number of hydrogen-bond acceptors (Lipinski definition) is 5. The molecule has 11 heavy (non-hydrogen) atoms. The molecule has 3 N–H and O–H groups in total. The van der Waals surface area contributed by atoms with Gasteiger partial charge in [-0.05, 0) is 0 Å². The molecule has 0 radical (unpaired) electrons. The Hall–Kier alpha value is -0.270. The van der Waals surface area contributed by atoms with Crippen LogP contribution < -0.4 is 5.11 Å². The van der Waals surface area contributed by atoms with Gasteiger partial charge in [-0.25, -0.2) is 4.39 Å². The number of alkyl halides is 1. The average molecular weight is 167 g/mol. The third-order valence-corrected chi connectivity index (χ3v) is 1.51. The Labute approximate surface area is 61.6 Å². The van der Waals surface area contributed by atoms with E-state index in [1.165, 1.54) is 0 Å². The van der Waals surface area contributed by atoms with Gasteiger partial charge in [0.15, 0.2) is 0 Å². The summed E-state index contributed by atoms with van der Waals surface area (Å²) < 4.78 is 16.2. The van der Waals surface area contributed by atoms with Gasteiger partial charge >= 0.3 is 0 Å². The van der Waals surface area contributed by atoms with E-state index >= 15 is 0 Å². The molecule has 0 unspecified atom stereocenters. The number of aliphatic hydroxyl groups excluding tert-OH is 3. The van der Waals surface area contributed by atoms with Gasteiger partial charge in [0, 0.05) is 6.29 Å². The van der Waals surface area contributed by atoms with E-state index < -0.39 is 31.0 Å². The summed E-state index contributed by atoms with van der Waals surface area (Å²) in [5.74, 6) is 0. The zero-order chi connectivity index (χ0) is 8.59. The van der Waals surface area contributed by atoms with Crippen molar-refractivity contribution in [2.24, 2.45) is 0 Å². The molecule has 1 heterocycles. The number of halogens is 1. The minimum absolute atomic E-state index is 1.78. The number of aliphatic hydroxyl groups is 3. The highest BCUT2D eigenvalue weighted by Gasteiger charge is 2.39. The van der Waals surface area contributed by atoms with Crippen molar-refractivity contribution < 1.29 is 29.6 Å². The first-order valence-corrected chi connectivity index (χ1v) is 3.03. The predicted molar refractivity (Wildman–Crippen MR) is 27.8 cm³/mol. The van der Waals surface area contributed by atoms with E-state index in [2.05, 4.69) is 4.74 Å². The van der Waals surface area contributed by atoms with Crippen LogP contribution in [0.15, 0.2) is 0 Å². The zero-order valence-electron chi connectivity index (χ0n) is 5.42. The van der Waals surface area contributed by atoms with Gasteiger partial charge in [-0.15, -0.1) is 0 Å². The van der Waals surface area contributed by atoms with E-state index in [0.29, 0.717) is 0 Å². The van der Waals surface area contributed by atoms with Crippen molar-refractivity contribution in [1.29, 1.82) is 0 Å². The number of hydrogen-bond donors (Lipinski definition) is 3. The Morgan fingerprint density at radius 3 is 2.18 bits per heavy atom. The van der Waals surface area contributed by atoms with Crippen molar-refractivity contribution >= 4 is 0 Å². The fourth-order valence-electron chi connectivity index (χ4n) is 0.807. The van der Waals surface area contributed by atoms with Crippen LogP contribution in [0.5, 0.6) is 0 Å².